The average Bonchev–Trinajstić information content (AvgIpc) is 3.22. The summed E-state index contributed by atoms with van der Waals surface area (Å²) in [7, 11) is 0. The second kappa shape index (κ2) is 6.76. The van der Waals surface area contributed by atoms with E-state index < -0.39 is 0 Å². The van der Waals surface area contributed by atoms with Gasteiger partial charge >= 0.3 is 0 Å². The molecule has 5 nitrogen and oxygen atoms in total. The van der Waals surface area contributed by atoms with Crippen molar-refractivity contribution in [2.75, 3.05) is 12.1 Å². The van der Waals surface area contributed by atoms with Crippen molar-refractivity contribution >= 4 is 22.9 Å². The molecule has 0 atom stereocenters. The van der Waals surface area contributed by atoms with E-state index >= 15 is 0 Å². The van der Waals surface area contributed by atoms with E-state index in [-0.39, 0.29) is 24.9 Å². The van der Waals surface area contributed by atoms with Crippen molar-refractivity contribution in [3.8, 4) is 22.1 Å². The monoisotopic (exact) mass is 370 g/mol. The first-order valence-corrected chi connectivity index (χ1v) is 8.82. The Morgan fingerprint density at radius 2 is 2.04 bits per heavy atom. The molecule has 26 heavy (non-hydrogen) atoms. The highest BCUT2D eigenvalue weighted by atomic mass is 32.1. The molecule has 0 spiro atoms. The number of fused-ring (bicyclic) bond motifs is 1. The zero-order chi connectivity index (χ0) is 18.1. The normalized spacial score (nSPS) is 12.2. The smallest absolute Gasteiger partial charge is 0.231 e. The van der Waals surface area contributed by atoms with Gasteiger partial charge in [0.15, 0.2) is 11.5 Å². The number of hydrogen-bond acceptors (Lipinski definition) is 5. The van der Waals surface area contributed by atoms with Gasteiger partial charge in [0.05, 0.1) is 12.1 Å². The van der Waals surface area contributed by atoms with Crippen LogP contribution in [-0.4, -0.2) is 17.7 Å². The lowest BCUT2D eigenvalue weighted by Crippen LogP contribution is -2.14. The number of halogens is 1. The molecule has 3 aromatic rings. The van der Waals surface area contributed by atoms with Gasteiger partial charge in [-0.25, -0.2) is 9.37 Å². The van der Waals surface area contributed by atoms with E-state index in [0.29, 0.717) is 27.8 Å². The van der Waals surface area contributed by atoms with Crippen LogP contribution in [0.15, 0.2) is 42.5 Å². The highest BCUT2D eigenvalue weighted by Gasteiger charge is 2.17. The van der Waals surface area contributed by atoms with Crippen LogP contribution in [0.1, 0.15) is 10.6 Å². The van der Waals surface area contributed by atoms with E-state index in [1.165, 1.54) is 17.4 Å². The Hall–Kier alpha value is -2.93. The number of amides is 1. The molecule has 0 unspecified atom stereocenters. The van der Waals surface area contributed by atoms with Crippen molar-refractivity contribution in [1.29, 1.82) is 0 Å². The van der Waals surface area contributed by atoms with Gasteiger partial charge in [-0.05, 0) is 31.2 Å². The second-order valence-electron chi connectivity index (χ2n) is 5.80. The number of nitrogens with zero attached hydrogens (tertiary/aromatic N) is 1. The van der Waals surface area contributed by atoms with E-state index in [9.17, 15) is 9.18 Å². The lowest BCUT2D eigenvalue weighted by Gasteiger charge is -2.05. The van der Waals surface area contributed by atoms with Crippen LogP contribution in [0.3, 0.4) is 0 Å². The van der Waals surface area contributed by atoms with Crippen molar-refractivity contribution in [2.24, 2.45) is 0 Å². The predicted octanol–water partition coefficient (Wildman–Crippen LogP) is 4.17. The SMILES string of the molecule is Cc1nc(-c2ccccc2F)sc1CC(=O)Nc1ccc2c(c1)OCO2. The number of aryl methyl sites for hydroxylation is 1. The highest BCUT2D eigenvalue weighted by molar-refractivity contribution is 7.15. The fourth-order valence-corrected chi connectivity index (χ4v) is 3.76. The fraction of sp³-hybridized carbons (Fsp3) is 0.158. The van der Waals surface area contributed by atoms with E-state index in [1.54, 1.807) is 36.4 Å². The minimum Gasteiger partial charge on any atom is -0.454 e. The lowest BCUT2D eigenvalue weighted by atomic mass is 10.2. The molecule has 0 saturated carbocycles. The number of carbonyl (C=O) groups excluding carboxylic acids is 1. The summed E-state index contributed by atoms with van der Waals surface area (Å²) < 4.78 is 24.5. The topological polar surface area (TPSA) is 60.5 Å². The molecule has 0 radical (unpaired) electrons. The summed E-state index contributed by atoms with van der Waals surface area (Å²) in [6.45, 7) is 2.01. The van der Waals surface area contributed by atoms with Gasteiger partial charge in [0.1, 0.15) is 10.8 Å². The van der Waals surface area contributed by atoms with Crippen LogP contribution >= 0.6 is 11.3 Å². The maximum atomic E-state index is 13.9. The van der Waals surface area contributed by atoms with Crippen molar-refractivity contribution in [3.05, 3.63) is 58.9 Å². The summed E-state index contributed by atoms with van der Waals surface area (Å²) in [6.07, 6.45) is 0.173. The first kappa shape index (κ1) is 16.5. The molecule has 0 fully saturated rings. The van der Waals surface area contributed by atoms with Crippen molar-refractivity contribution < 1.29 is 18.7 Å². The first-order chi connectivity index (χ1) is 12.6. The summed E-state index contributed by atoms with van der Waals surface area (Å²) in [6, 6.07) is 11.7. The molecule has 4 rings (SSSR count). The third kappa shape index (κ3) is 3.25. The number of thiazole rings is 1. The van der Waals surface area contributed by atoms with Crippen LogP contribution in [0.4, 0.5) is 10.1 Å². The van der Waals surface area contributed by atoms with Crippen molar-refractivity contribution in [1.82, 2.24) is 4.98 Å². The van der Waals surface area contributed by atoms with Crippen LogP contribution in [0, 0.1) is 12.7 Å². The van der Waals surface area contributed by atoms with Gasteiger partial charge in [0, 0.05) is 22.2 Å². The number of carbonyl (C=O) groups is 1. The summed E-state index contributed by atoms with van der Waals surface area (Å²) in [5.74, 6) is 0.780. The molecule has 7 heteroatoms. The lowest BCUT2D eigenvalue weighted by molar-refractivity contribution is -0.115. The van der Waals surface area contributed by atoms with Crippen LogP contribution in [-0.2, 0) is 11.2 Å². The van der Waals surface area contributed by atoms with E-state index in [1.807, 2.05) is 6.92 Å². The quantitative estimate of drug-likeness (QED) is 0.749. The molecule has 1 N–H and O–H groups in total. The number of ether oxygens (including phenoxy) is 2. The Bertz CT molecular complexity index is 987. The molecule has 0 saturated heterocycles. The van der Waals surface area contributed by atoms with Gasteiger partial charge in [-0.1, -0.05) is 12.1 Å². The Morgan fingerprint density at radius 3 is 2.88 bits per heavy atom. The second-order valence-corrected chi connectivity index (χ2v) is 6.88. The maximum Gasteiger partial charge on any atom is 0.231 e. The zero-order valence-corrected chi connectivity index (χ0v) is 14.7. The van der Waals surface area contributed by atoms with Gasteiger partial charge in [0.2, 0.25) is 12.7 Å². The standard InChI is InChI=1S/C19H15FN2O3S/c1-11-17(26-19(21-11)13-4-2-3-5-14(13)20)9-18(23)22-12-6-7-15-16(8-12)25-10-24-15/h2-8H,9-10H2,1H3,(H,22,23). The van der Waals surface area contributed by atoms with E-state index in [0.717, 1.165) is 10.6 Å². The maximum absolute atomic E-state index is 13.9. The van der Waals surface area contributed by atoms with Crippen LogP contribution in [0.5, 0.6) is 11.5 Å². The summed E-state index contributed by atoms with van der Waals surface area (Å²) in [5, 5.41) is 3.41. The summed E-state index contributed by atoms with van der Waals surface area (Å²) in [4.78, 5) is 17.6. The predicted molar refractivity (Wildman–Crippen MR) is 97.1 cm³/mol. The highest BCUT2D eigenvalue weighted by Crippen LogP contribution is 2.34. The number of rotatable bonds is 4. The number of hydrogen-bond donors (Lipinski definition) is 1. The molecule has 2 heterocycles. The Kier molecular flexibility index (Phi) is 4.30. The van der Waals surface area contributed by atoms with Gasteiger partial charge < -0.3 is 14.8 Å². The molecule has 132 valence electrons. The van der Waals surface area contributed by atoms with Gasteiger partial charge in [0.25, 0.3) is 0 Å². The largest absolute Gasteiger partial charge is 0.454 e. The van der Waals surface area contributed by atoms with E-state index in [2.05, 4.69) is 10.3 Å². The summed E-state index contributed by atoms with van der Waals surface area (Å²) >= 11 is 1.33. The van der Waals surface area contributed by atoms with Crippen molar-refractivity contribution in [2.45, 2.75) is 13.3 Å². The fourth-order valence-electron chi connectivity index (χ4n) is 2.67. The van der Waals surface area contributed by atoms with Crippen molar-refractivity contribution in [3.63, 3.8) is 0 Å². The summed E-state index contributed by atoms with van der Waals surface area (Å²) in [5.41, 5.74) is 1.81. The van der Waals surface area contributed by atoms with Crippen LogP contribution in [0.25, 0.3) is 10.6 Å². The third-order valence-corrected chi connectivity index (χ3v) is 5.17. The van der Waals surface area contributed by atoms with Crippen LogP contribution in [0.2, 0.25) is 0 Å². The molecular weight excluding hydrogens is 355 g/mol. The molecule has 1 aliphatic rings. The molecular formula is C19H15FN2O3S. The number of anilines is 1. The molecule has 2 aromatic carbocycles. The minimum absolute atomic E-state index is 0.171. The molecule has 1 aliphatic heterocycles. The average molecular weight is 370 g/mol. The number of aromatic nitrogens is 1. The van der Waals surface area contributed by atoms with Gasteiger partial charge in [-0.3, -0.25) is 4.79 Å². The Balaban J connectivity index is 1.49. The molecule has 1 amide bonds. The third-order valence-electron chi connectivity index (χ3n) is 3.97. The Morgan fingerprint density at radius 1 is 1.23 bits per heavy atom. The van der Waals surface area contributed by atoms with E-state index in [4.69, 9.17) is 9.47 Å². The molecule has 1 aromatic heterocycles. The first-order valence-electron chi connectivity index (χ1n) is 8.01. The molecule has 0 aliphatic carbocycles. The number of benzene rings is 2. The zero-order valence-electron chi connectivity index (χ0n) is 13.9. The minimum atomic E-state index is -0.322. The van der Waals surface area contributed by atoms with Crippen LogP contribution < -0.4 is 14.8 Å². The van der Waals surface area contributed by atoms with Gasteiger partial charge in [-0.15, -0.1) is 11.3 Å². The molecule has 0 bridgehead atoms. The van der Waals surface area contributed by atoms with Gasteiger partial charge in [-0.2, -0.15) is 0 Å². The Labute approximate surface area is 153 Å². The number of nitrogens with one attached hydrogen (secondary N) is 1.